The van der Waals surface area contributed by atoms with Gasteiger partial charge in [0.2, 0.25) is 0 Å². The molecule has 1 unspecified atom stereocenters. The highest BCUT2D eigenvalue weighted by Crippen LogP contribution is 1.97. The maximum absolute atomic E-state index is 10.3. The summed E-state index contributed by atoms with van der Waals surface area (Å²) < 4.78 is 0. The minimum atomic E-state index is -0.936. The molecule has 0 fully saturated rings. The molecular weight excluding hydrogens is 130 g/mol. The van der Waals surface area contributed by atoms with Crippen LogP contribution < -0.4 is 0 Å². The molecule has 0 aromatic rings. The number of rotatable bonds is 1. The zero-order chi connectivity index (χ0) is 7.40. The summed E-state index contributed by atoms with van der Waals surface area (Å²) in [6.07, 6.45) is 4.52. The Morgan fingerprint density at radius 2 is 2.50 bits per heavy atom. The molecule has 0 spiro atoms. The Hall–Kier alpha value is -1.56. The van der Waals surface area contributed by atoms with Gasteiger partial charge in [0.05, 0.1) is 0 Å². The second kappa shape index (κ2) is 2.83. The van der Waals surface area contributed by atoms with E-state index in [4.69, 9.17) is 5.11 Å². The van der Waals surface area contributed by atoms with Gasteiger partial charge in [-0.15, -0.1) is 0 Å². The smallest absolute Gasteiger partial charge is 0.322 e. The van der Waals surface area contributed by atoms with E-state index in [1.807, 2.05) is 0 Å². The fraction of sp³-hybridized carbons (Fsp3) is 0.143. The standard InChI is InChI=1S/C7H5NO2/c9-7(10)6-2-1-4-8-5-3-6/h1-2,4,6H,(H,9,10). The van der Waals surface area contributed by atoms with E-state index < -0.39 is 11.9 Å². The number of aliphatic imine (C=N–C) groups is 1. The maximum atomic E-state index is 10.3. The number of carboxylic acids is 1. The van der Waals surface area contributed by atoms with Crippen LogP contribution in [0.3, 0.4) is 0 Å². The van der Waals surface area contributed by atoms with Crippen molar-refractivity contribution in [3.8, 4) is 12.0 Å². The lowest BCUT2D eigenvalue weighted by molar-refractivity contribution is -0.138. The molecule has 1 rings (SSSR count). The molecule has 0 aromatic heterocycles. The van der Waals surface area contributed by atoms with Crippen LogP contribution in [0.25, 0.3) is 0 Å². The van der Waals surface area contributed by atoms with Crippen LogP contribution >= 0.6 is 0 Å². The van der Waals surface area contributed by atoms with E-state index in [1.165, 1.54) is 12.3 Å². The second-order valence-corrected chi connectivity index (χ2v) is 1.74. The number of nitrogens with zero attached hydrogens (tertiary/aromatic N) is 1. The molecule has 0 amide bonds. The van der Waals surface area contributed by atoms with Gasteiger partial charge in [-0.1, -0.05) is 12.0 Å². The molecule has 0 saturated heterocycles. The molecule has 1 atom stereocenters. The first-order valence-corrected chi connectivity index (χ1v) is 2.74. The number of carboxylic acid groups (broad SMARTS) is 1. The summed E-state index contributed by atoms with van der Waals surface area (Å²) in [7, 11) is 0. The first kappa shape index (κ1) is 6.56. The van der Waals surface area contributed by atoms with Crippen molar-refractivity contribution in [2.45, 2.75) is 0 Å². The van der Waals surface area contributed by atoms with Crippen molar-refractivity contribution in [1.82, 2.24) is 0 Å². The van der Waals surface area contributed by atoms with Crippen LogP contribution in [0.4, 0.5) is 0 Å². The van der Waals surface area contributed by atoms with Gasteiger partial charge in [0.15, 0.2) is 0 Å². The van der Waals surface area contributed by atoms with Gasteiger partial charge in [0, 0.05) is 12.3 Å². The van der Waals surface area contributed by atoms with Gasteiger partial charge in [-0.2, -0.15) is 0 Å². The Morgan fingerprint density at radius 3 is 3.20 bits per heavy atom. The minimum Gasteiger partial charge on any atom is -0.480 e. The lowest BCUT2D eigenvalue weighted by atomic mass is 10.1. The molecule has 3 heteroatoms. The van der Waals surface area contributed by atoms with Gasteiger partial charge >= 0.3 is 5.97 Å². The van der Waals surface area contributed by atoms with Crippen molar-refractivity contribution >= 4 is 12.2 Å². The van der Waals surface area contributed by atoms with Gasteiger partial charge in [-0.05, 0) is 6.08 Å². The fourth-order valence-corrected chi connectivity index (χ4v) is 0.540. The summed E-state index contributed by atoms with van der Waals surface area (Å²) in [5.74, 6) is 0.805. The normalized spacial score (nSPS) is 21.0. The van der Waals surface area contributed by atoms with E-state index in [-0.39, 0.29) is 0 Å². The van der Waals surface area contributed by atoms with E-state index in [2.05, 4.69) is 17.0 Å². The molecule has 1 heterocycles. The van der Waals surface area contributed by atoms with Crippen LogP contribution in [0.1, 0.15) is 0 Å². The summed E-state index contributed by atoms with van der Waals surface area (Å²) >= 11 is 0. The predicted octanol–water partition coefficient (Wildman–Crippen LogP) is 0.289. The number of allylic oxidation sites excluding steroid dienone is 1. The first-order valence-electron chi connectivity index (χ1n) is 2.74. The van der Waals surface area contributed by atoms with Crippen molar-refractivity contribution in [2.24, 2.45) is 10.9 Å². The second-order valence-electron chi connectivity index (χ2n) is 1.74. The molecule has 50 valence electrons. The Kier molecular flexibility index (Phi) is 1.86. The van der Waals surface area contributed by atoms with Crippen molar-refractivity contribution < 1.29 is 9.90 Å². The predicted molar refractivity (Wildman–Crippen MR) is 36.5 cm³/mol. The molecule has 10 heavy (non-hydrogen) atoms. The average Bonchev–Trinajstić information content (AvgIpc) is 2.12. The first-order chi connectivity index (χ1) is 4.80. The van der Waals surface area contributed by atoms with Crippen LogP contribution in [0, 0.1) is 17.9 Å². The summed E-state index contributed by atoms with van der Waals surface area (Å²) in [5.41, 5.74) is 0. The minimum absolute atomic E-state index is 0.706. The summed E-state index contributed by atoms with van der Waals surface area (Å²) in [5, 5.41) is 8.45. The number of carbonyl (C=O) groups is 1. The van der Waals surface area contributed by atoms with Gasteiger partial charge < -0.3 is 5.11 Å². The quantitative estimate of drug-likeness (QED) is 0.525. The Labute approximate surface area is 58.1 Å². The molecule has 1 aliphatic heterocycles. The number of hydrogen-bond donors (Lipinski definition) is 1. The Balaban J connectivity index is 2.78. The van der Waals surface area contributed by atoms with Crippen LogP contribution in [-0.4, -0.2) is 17.3 Å². The summed E-state index contributed by atoms with van der Waals surface area (Å²) in [6, 6.07) is 2.35. The zero-order valence-corrected chi connectivity index (χ0v) is 5.11. The van der Waals surface area contributed by atoms with Gasteiger partial charge in [-0.3, -0.25) is 4.79 Å². The molecule has 0 bridgehead atoms. The van der Waals surface area contributed by atoms with E-state index >= 15 is 0 Å². The van der Waals surface area contributed by atoms with Crippen LogP contribution in [-0.2, 0) is 4.79 Å². The largest absolute Gasteiger partial charge is 0.480 e. The summed E-state index contributed by atoms with van der Waals surface area (Å²) in [4.78, 5) is 13.9. The highest BCUT2D eigenvalue weighted by molar-refractivity contribution is 5.80. The van der Waals surface area contributed by atoms with Crippen LogP contribution in [0.15, 0.2) is 17.1 Å². The van der Waals surface area contributed by atoms with Gasteiger partial charge in [0.1, 0.15) is 5.92 Å². The zero-order valence-electron chi connectivity index (χ0n) is 5.11. The fourth-order valence-electron chi connectivity index (χ4n) is 0.540. The monoisotopic (exact) mass is 135 g/mol. The van der Waals surface area contributed by atoms with Gasteiger partial charge in [-0.25, -0.2) is 4.99 Å². The van der Waals surface area contributed by atoms with E-state index in [1.54, 1.807) is 6.08 Å². The molecule has 0 aliphatic carbocycles. The van der Waals surface area contributed by atoms with E-state index in [9.17, 15) is 4.79 Å². The third-order valence-corrected chi connectivity index (χ3v) is 1.01. The molecule has 0 aromatic carbocycles. The molecule has 1 aliphatic rings. The molecule has 0 radical (unpaired) electrons. The van der Waals surface area contributed by atoms with Crippen LogP contribution in [0.2, 0.25) is 0 Å². The maximum Gasteiger partial charge on any atom is 0.322 e. The lowest BCUT2D eigenvalue weighted by Gasteiger charge is -1.92. The van der Waals surface area contributed by atoms with E-state index in [0.29, 0.717) is 0 Å². The highest BCUT2D eigenvalue weighted by atomic mass is 16.4. The van der Waals surface area contributed by atoms with Crippen molar-refractivity contribution in [3.05, 3.63) is 12.2 Å². The lowest BCUT2D eigenvalue weighted by Crippen LogP contribution is -2.07. The molecule has 1 N–H and O–H groups in total. The van der Waals surface area contributed by atoms with Crippen molar-refractivity contribution in [1.29, 1.82) is 0 Å². The third-order valence-electron chi connectivity index (χ3n) is 1.01. The number of hydrogen-bond acceptors (Lipinski definition) is 2. The third kappa shape index (κ3) is 1.46. The Morgan fingerprint density at radius 1 is 1.70 bits per heavy atom. The molecule has 0 saturated carbocycles. The highest BCUT2D eigenvalue weighted by Gasteiger charge is 2.09. The van der Waals surface area contributed by atoms with E-state index in [0.717, 1.165) is 0 Å². The van der Waals surface area contributed by atoms with Crippen molar-refractivity contribution in [3.63, 3.8) is 0 Å². The SMILES string of the molecule is O=C(O)C1C#CN=CC=C1. The van der Waals surface area contributed by atoms with Crippen molar-refractivity contribution in [2.75, 3.05) is 0 Å². The average molecular weight is 135 g/mol. The molecular formula is C7H5NO2. The Bertz CT molecular complexity index is 255. The molecule has 3 nitrogen and oxygen atoms in total. The summed E-state index contributed by atoms with van der Waals surface area (Å²) in [6.45, 7) is 0. The van der Waals surface area contributed by atoms with Crippen LogP contribution in [0.5, 0.6) is 0 Å². The topological polar surface area (TPSA) is 49.7 Å². The number of aliphatic carboxylic acids is 1. The van der Waals surface area contributed by atoms with Gasteiger partial charge in [0.25, 0.3) is 0 Å².